The number of pyridine rings is 1. The number of nitrogens with one attached hydrogen (secondary N) is 2. The van der Waals surface area contributed by atoms with Gasteiger partial charge in [0, 0.05) is 34.2 Å². The van der Waals surface area contributed by atoms with E-state index >= 15 is 0 Å². The van der Waals surface area contributed by atoms with Crippen LogP contribution in [0.3, 0.4) is 0 Å². The SMILES string of the molecule is COC(=O)C1CCN(c2ccc(-c3nc4ccc(Br)cc4c4c3NC(=O)CN4)cc2C(F)(F)F)CC1. The highest BCUT2D eigenvalue weighted by molar-refractivity contribution is 9.10. The lowest BCUT2D eigenvalue weighted by Crippen LogP contribution is -2.37. The number of aromatic nitrogens is 1. The van der Waals surface area contributed by atoms with E-state index in [0.29, 0.717) is 42.8 Å². The average Bonchev–Trinajstić information content (AvgIpc) is 2.87. The molecule has 11 heteroatoms. The third kappa shape index (κ3) is 4.47. The molecular weight excluding hydrogens is 541 g/mol. The molecule has 0 spiro atoms. The molecule has 1 aromatic heterocycles. The van der Waals surface area contributed by atoms with E-state index in [1.54, 1.807) is 23.1 Å². The number of hydrogen-bond donors (Lipinski definition) is 2. The fourth-order valence-electron chi connectivity index (χ4n) is 4.81. The lowest BCUT2D eigenvalue weighted by molar-refractivity contribution is -0.146. The van der Waals surface area contributed by atoms with Crippen molar-refractivity contribution in [3.05, 3.63) is 46.4 Å². The minimum atomic E-state index is -4.62. The van der Waals surface area contributed by atoms with Gasteiger partial charge in [-0.25, -0.2) is 4.98 Å². The minimum Gasteiger partial charge on any atom is -0.469 e. The Morgan fingerprint density at radius 1 is 1.14 bits per heavy atom. The number of rotatable bonds is 3. The summed E-state index contributed by atoms with van der Waals surface area (Å²) in [5.74, 6) is -0.957. The monoisotopic (exact) mass is 562 g/mol. The van der Waals surface area contributed by atoms with Gasteiger partial charge in [-0.2, -0.15) is 13.2 Å². The van der Waals surface area contributed by atoms with Gasteiger partial charge in [-0.3, -0.25) is 9.59 Å². The summed E-state index contributed by atoms with van der Waals surface area (Å²) in [6, 6.07) is 9.52. The Balaban J connectivity index is 1.59. The van der Waals surface area contributed by atoms with Crippen LogP contribution in [0.25, 0.3) is 22.2 Å². The first-order valence-electron chi connectivity index (χ1n) is 11.4. The molecule has 1 saturated heterocycles. The van der Waals surface area contributed by atoms with Crippen molar-refractivity contribution in [2.24, 2.45) is 5.92 Å². The Hall–Kier alpha value is -3.34. The molecule has 0 saturated carbocycles. The van der Waals surface area contributed by atoms with Crippen molar-refractivity contribution in [3.8, 4) is 11.3 Å². The predicted octanol–water partition coefficient (Wildman–Crippen LogP) is 5.44. The van der Waals surface area contributed by atoms with Gasteiger partial charge in [-0.15, -0.1) is 0 Å². The van der Waals surface area contributed by atoms with Gasteiger partial charge in [0.2, 0.25) is 5.91 Å². The number of nitrogens with zero attached hydrogens (tertiary/aromatic N) is 2. The molecule has 5 rings (SSSR count). The lowest BCUT2D eigenvalue weighted by atomic mass is 9.95. The molecule has 7 nitrogen and oxygen atoms in total. The zero-order chi connectivity index (χ0) is 25.6. The van der Waals surface area contributed by atoms with Crippen molar-refractivity contribution in [3.63, 3.8) is 0 Å². The summed E-state index contributed by atoms with van der Waals surface area (Å²) in [6.07, 6.45) is -3.79. The third-order valence-corrected chi connectivity index (χ3v) is 7.08. The molecule has 36 heavy (non-hydrogen) atoms. The summed E-state index contributed by atoms with van der Waals surface area (Å²) in [4.78, 5) is 30.3. The molecule has 2 aliphatic heterocycles. The smallest absolute Gasteiger partial charge is 0.418 e. The molecule has 2 aromatic carbocycles. The van der Waals surface area contributed by atoms with Crippen molar-refractivity contribution in [2.75, 3.05) is 42.3 Å². The normalized spacial score (nSPS) is 16.4. The maximum absolute atomic E-state index is 14.2. The molecule has 0 radical (unpaired) electrons. The highest BCUT2D eigenvalue weighted by atomic mass is 79.9. The van der Waals surface area contributed by atoms with Crippen molar-refractivity contribution in [1.29, 1.82) is 0 Å². The molecule has 0 aliphatic carbocycles. The first-order valence-corrected chi connectivity index (χ1v) is 12.2. The largest absolute Gasteiger partial charge is 0.469 e. The number of halogens is 4. The minimum absolute atomic E-state index is 0.0480. The number of piperidine rings is 1. The average molecular weight is 563 g/mol. The molecule has 1 fully saturated rings. The summed E-state index contributed by atoms with van der Waals surface area (Å²) in [5.41, 5.74) is 1.28. The van der Waals surface area contributed by atoms with Gasteiger partial charge in [0.1, 0.15) is 0 Å². The number of amides is 1. The molecule has 2 N–H and O–H groups in total. The Morgan fingerprint density at radius 3 is 2.58 bits per heavy atom. The number of carbonyl (C=O) groups excluding carboxylic acids is 2. The number of esters is 1. The number of hydrogen-bond acceptors (Lipinski definition) is 6. The van der Waals surface area contributed by atoms with Crippen LogP contribution < -0.4 is 15.5 Å². The van der Waals surface area contributed by atoms with Crippen LogP contribution in [-0.2, 0) is 20.5 Å². The molecule has 3 aromatic rings. The zero-order valence-electron chi connectivity index (χ0n) is 19.2. The Morgan fingerprint density at radius 2 is 1.89 bits per heavy atom. The Bertz CT molecular complexity index is 1370. The fourth-order valence-corrected chi connectivity index (χ4v) is 5.17. The van der Waals surface area contributed by atoms with Crippen LogP contribution >= 0.6 is 15.9 Å². The molecule has 1 amide bonds. The van der Waals surface area contributed by atoms with Crippen LogP contribution in [-0.4, -0.2) is 43.6 Å². The third-order valence-electron chi connectivity index (χ3n) is 6.58. The second kappa shape index (κ2) is 9.27. The molecule has 0 unspecified atom stereocenters. The van der Waals surface area contributed by atoms with E-state index in [9.17, 15) is 22.8 Å². The quantitative estimate of drug-likeness (QED) is 0.414. The van der Waals surface area contributed by atoms with E-state index in [2.05, 4.69) is 31.5 Å². The maximum atomic E-state index is 14.2. The van der Waals surface area contributed by atoms with Gasteiger partial charge in [-0.05, 0) is 43.2 Å². The first kappa shape index (κ1) is 24.4. The summed E-state index contributed by atoms with van der Waals surface area (Å²) in [7, 11) is 1.31. The van der Waals surface area contributed by atoms with Crippen LogP contribution in [0.15, 0.2) is 40.9 Å². The van der Waals surface area contributed by atoms with E-state index in [1.165, 1.54) is 13.2 Å². The van der Waals surface area contributed by atoms with E-state index in [1.807, 2.05) is 6.07 Å². The van der Waals surface area contributed by atoms with Crippen LogP contribution in [0, 0.1) is 5.92 Å². The highest BCUT2D eigenvalue weighted by Gasteiger charge is 2.37. The van der Waals surface area contributed by atoms with Gasteiger partial charge >= 0.3 is 12.1 Å². The van der Waals surface area contributed by atoms with Crippen LogP contribution in [0.1, 0.15) is 18.4 Å². The van der Waals surface area contributed by atoms with Crippen LogP contribution in [0.5, 0.6) is 0 Å². The first-order chi connectivity index (χ1) is 17.2. The second-order valence-electron chi connectivity index (χ2n) is 8.79. The number of fused-ring (bicyclic) bond motifs is 3. The summed E-state index contributed by atoms with van der Waals surface area (Å²) in [5, 5.41) is 6.60. The molecule has 3 heterocycles. The number of alkyl halides is 3. The van der Waals surface area contributed by atoms with Crippen molar-refractivity contribution in [1.82, 2.24) is 4.98 Å². The summed E-state index contributed by atoms with van der Waals surface area (Å²) in [6.45, 7) is 0.660. The molecular formula is C25H22BrF3N4O3. The van der Waals surface area contributed by atoms with Gasteiger partial charge < -0.3 is 20.3 Å². The van der Waals surface area contributed by atoms with E-state index in [-0.39, 0.29) is 41.3 Å². The molecule has 0 bridgehead atoms. The number of anilines is 3. The van der Waals surface area contributed by atoms with Crippen LogP contribution in [0.4, 0.5) is 30.2 Å². The Labute approximate surface area is 213 Å². The maximum Gasteiger partial charge on any atom is 0.418 e. The van der Waals surface area contributed by atoms with E-state index < -0.39 is 11.7 Å². The summed E-state index contributed by atoms with van der Waals surface area (Å²) < 4.78 is 48.3. The van der Waals surface area contributed by atoms with Crippen molar-refractivity contribution in [2.45, 2.75) is 19.0 Å². The number of benzene rings is 2. The van der Waals surface area contributed by atoms with E-state index in [0.717, 1.165) is 15.9 Å². The van der Waals surface area contributed by atoms with Gasteiger partial charge in [-0.1, -0.05) is 22.0 Å². The number of methoxy groups -OCH3 is 1. The van der Waals surface area contributed by atoms with Crippen LogP contribution in [0.2, 0.25) is 0 Å². The molecule has 0 atom stereocenters. The summed E-state index contributed by atoms with van der Waals surface area (Å²) >= 11 is 3.43. The van der Waals surface area contributed by atoms with Crippen molar-refractivity contribution < 1.29 is 27.5 Å². The van der Waals surface area contributed by atoms with E-state index in [4.69, 9.17) is 4.74 Å². The van der Waals surface area contributed by atoms with Gasteiger partial charge in [0.05, 0.1) is 47.7 Å². The standard InChI is InChI=1S/C25H22BrF3N4O3/c1-36-24(35)13-6-8-33(9-7-13)19-5-2-14(10-17(19)25(27,28)29)21-23-22(30-12-20(34)32-23)16-11-15(26)3-4-18(16)31-21/h2-5,10-11,13,30H,6-9,12H2,1H3,(H,32,34). The fraction of sp³-hybridized carbons (Fsp3) is 0.320. The second-order valence-corrected chi connectivity index (χ2v) is 9.70. The predicted molar refractivity (Wildman–Crippen MR) is 134 cm³/mol. The van der Waals surface area contributed by atoms with Gasteiger partial charge in [0.25, 0.3) is 0 Å². The number of ether oxygens (including phenoxy) is 1. The number of carbonyl (C=O) groups is 2. The lowest BCUT2D eigenvalue weighted by Gasteiger charge is -2.34. The molecule has 188 valence electrons. The molecule has 2 aliphatic rings. The van der Waals surface area contributed by atoms with Crippen molar-refractivity contribution >= 4 is 55.8 Å². The topological polar surface area (TPSA) is 83.6 Å². The zero-order valence-corrected chi connectivity index (χ0v) is 20.8. The Kier molecular flexibility index (Phi) is 6.27. The highest BCUT2D eigenvalue weighted by Crippen LogP contribution is 2.44. The van der Waals surface area contributed by atoms with Gasteiger partial charge in [0.15, 0.2) is 0 Å².